The van der Waals surface area contributed by atoms with Gasteiger partial charge >= 0.3 is 0 Å². The van der Waals surface area contributed by atoms with E-state index in [1.807, 2.05) is 30.3 Å². The number of ketones is 1. The van der Waals surface area contributed by atoms with Crippen molar-refractivity contribution in [2.24, 2.45) is 0 Å². The van der Waals surface area contributed by atoms with E-state index in [0.29, 0.717) is 0 Å². The summed E-state index contributed by atoms with van der Waals surface area (Å²) in [6.07, 6.45) is 7.33. The van der Waals surface area contributed by atoms with Gasteiger partial charge in [-0.15, -0.1) is 0 Å². The van der Waals surface area contributed by atoms with Crippen LogP contribution in [0, 0.1) is 0 Å². The zero-order valence-corrected chi connectivity index (χ0v) is 14.3. The molecule has 0 aliphatic heterocycles. The highest BCUT2D eigenvalue weighted by atomic mass is 35.5. The summed E-state index contributed by atoms with van der Waals surface area (Å²) in [6.45, 7) is 9.97. The van der Waals surface area contributed by atoms with Gasteiger partial charge in [-0.3, -0.25) is 9.28 Å². The highest BCUT2D eigenvalue weighted by molar-refractivity contribution is 6.04. The summed E-state index contributed by atoms with van der Waals surface area (Å²) in [6, 6.07) is 9.51. The highest BCUT2D eigenvalue weighted by Gasteiger charge is 2.22. The molecule has 0 aliphatic carbocycles. The van der Waals surface area contributed by atoms with E-state index in [9.17, 15) is 4.79 Å². The number of carbonyl (C=O) groups excluding carboxylic acids is 1. The number of nitrogens with zero attached hydrogens (tertiary/aromatic N) is 1. The molecule has 21 heavy (non-hydrogen) atoms. The number of hydrogen-bond acceptors (Lipinski definition) is 1. The van der Waals surface area contributed by atoms with Gasteiger partial charge in [-0.05, 0) is 19.3 Å². The van der Waals surface area contributed by atoms with Gasteiger partial charge in [-0.1, -0.05) is 51.1 Å². The van der Waals surface area contributed by atoms with Gasteiger partial charge in [0, 0.05) is 11.6 Å². The van der Waals surface area contributed by atoms with Crippen LogP contribution < -0.4 is 12.4 Å². The lowest BCUT2D eigenvalue weighted by Gasteiger charge is -2.34. The molecule has 0 radical (unpaired) electrons. The Bertz CT molecular complexity index is 411. The lowest BCUT2D eigenvalue weighted by molar-refractivity contribution is -0.879. The SMILES string of the molecule is CCC[N+](C=CC(=O)c1ccccc1)(CCC)CCC.[Cl-]. The summed E-state index contributed by atoms with van der Waals surface area (Å²) in [7, 11) is 0. The van der Waals surface area contributed by atoms with Crippen molar-refractivity contribution in [3.05, 3.63) is 48.2 Å². The fraction of sp³-hybridized carbons (Fsp3) is 0.500. The minimum absolute atomic E-state index is 0. The van der Waals surface area contributed by atoms with Crippen molar-refractivity contribution in [2.45, 2.75) is 40.0 Å². The first-order chi connectivity index (χ1) is 9.67. The van der Waals surface area contributed by atoms with E-state index < -0.39 is 0 Å². The Hall–Kier alpha value is -1.12. The van der Waals surface area contributed by atoms with E-state index in [1.165, 1.54) is 0 Å². The summed E-state index contributed by atoms with van der Waals surface area (Å²) < 4.78 is 0.933. The molecule has 1 rings (SSSR count). The zero-order chi connectivity index (χ0) is 14.8. The van der Waals surface area contributed by atoms with Crippen molar-refractivity contribution < 1.29 is 21.7 Å². The van der Waals surface area contributed by atoms with Crippen molar-refractivity contribution in [1.82, 2.24) is 0 Å². The summed E-state index contributed by atoms with van der Waals surface area (Å²) in [5.41, 5.74) is 0.770. The number of halogens is 1. The molecule has 0 saturated carbocycles. The average Bonchev–Trinajstić information content (AvgIpc) is 2.46. The van der Waals surface area contributed by atoms with E-state index in [2.05, 4.69) is 27.0 Å². The minimum atomic E-state index is 0. The molecule has 2 nitrogen and oxygen atoms in total. The third kappa shape index (κ3) is 6.45. The van der Waals surface area contributed by atoms with Crippen molar-refractivity contribution in [1.29, 1.82) is 0 Å². The standard InChI is InChI=1S/C18H28NO.ClH/c1-4-13-19(14-5-2,15-6-3)16-12-18(20)17-10-8-7-9-11-17;/h7-12,16H,4-6,13-15H2,1-3H3;1H/q+1;/p-1. The summed E-state index contributed by atoms with van der Waals surface area (Å²) in [5, 5.41) is 0. The summed E-state index contributed by atoms with van der Waals surface area (Å²) in [4.78, 5) is 12.2. The summed E-state index contributed by atoms with van der Waals surface area (Å²) >= 11 is 0. The normalized spacial score (nSPS) is 11.4. The first-order valence-corrected chi connectivity index (χ1v) is 7.82. The van der Waals surface area contributed by atoms with Gasteiger partial charge in [0.2, 0.25) is 0 Å². The van der Waals surface area contributed by atoms with Crippen LogP contribution in [0.15, 0.2) is 42.6 Å². The van der Waals surface area contributed by atoms with Crippen LogP contribution in [0.5, 0.6) is 0 Å². The number of hydrogen-bond donors (Lipinski definition) is 0. The molecule has 118 valence electrons. The maximum atomic E-state index is 12.2. The Morgan fingerprint density at radius 3 is 1.86 bits per heavy atom. The molecule has 0 atom stereocenters. The second-order valence-corrected chi connectivity index (χ2v) is 5.44. The van der Waals surface area contributed by atoms with Gasteiger partial charge in [0.05, 0.1) is 25.8 Å². The number of rotatable bonds is 9. The monoisotopic (exact) mass is 309 g/mol. The molecular formula is C18H28ClNO. The predicted octanol–water partition coefficient (Wildman–Crippen LogP) is 1.43. The number of allylic oxidation sites excluding steroid dienone is 1. The van der Waals surface area contributed by atoms with Gasteiger partial charge in [-0.2, -0.15) is 0 Å². The van der Waals surface area contributed by atoms with Crippen LogP contribution >= 0.6 is 0 Å². The predicted molar refractivity (Wildman–Crippen MR) is 85.6 cm³/mol. The Morgan fingerprint density at radius 1 is 0.952 bits per heavy atom. The Labute approximate surface area is 135 Å². The Morgan fingerprint density at radius 2 is 1.43 bits per heavy atom. The maximum Gasteiger partial charge on any atom is 0.191 e. The lowest BCUT2D eigenvalue weighted by atomic mass is 10.1. The van der Waals surface area contributed by atoms with Crippen LogP contribution in [-0.4, -0.2) is 29.9 Å². The second-order valence-electron chi connectivity index (χ2n) is 5.44. The van der Waals surface area contributed by atoms with Crippen molar-refractivity contribution in [2.75, 3.05) is 19.6 Å². The van der Waals surface area contributed by atoms with E-state index in [0.717, 1.165) is 48.9 Å². The van der Waals surface area contributed by atoms with Gasteiger partial charge < -0.3 is 12.4 Å². The summed E-state index contributed by atoms with van der Waals surface area (Å²) in [5.74, 6) is 0.108. The quantitative estimate of drug-likeness (QED) is 0.383. The van der Waals surface area contributed by atoms with Gasteiger partial charge in [0.1, 0.15) is 0 Å². The molecule has 0 aliphatic rings. The van der Waals surface area contributed by atoms with Gasteiger partial charge in [0.15, 0.2) is 5.78 Å². The van der Waals surface area contributed by atoms with E-state index >= 15 is 0 Å². The molecule has 0 N–H and O–H groups in total. The largest absolute Gasteiger partial charge is 1.00 e. The molecule has 0 bridgehead atoms. The molecule has 1 aromatic rings. The maximum absolute atomic E-state index is 12.2. The van der Waals surface area contributed by atoms with E-state index in [1.54, 1.807) is 6.08 Å². The van der Waals surface area contributed by atoms with Crippen LogP contribution in [0.4, 0.5) is 0 Å². The van der Waals surface area contributed by atoms with Crippen LogP contribution in [0.1, 0.15) is 50.4 Å². The molecule has 0 saturated heterocycles. The third-order valence-corrected chi connectivity index (χ3v) is 3.61. The van der Waals surface area contributed by atoms with Crippen molar-refractivity contribution in [3.63, 3.8) is 0 Å². The molecular weight excluding hydrogens is 282 g/mol. The third-order valence-electron chi connectivity index (χ3n) is 3.61. The van der Waals surface area contributed by atoms with Crippen LogP contribution in [0.3, 0.4) is 0 Å². The Kier molecular flexibility index (Phi) is 10.0. The van der Waals surface area contributed by atoms with Crippen LogP contribution in [0.2, 0.25) is 0 Å². The van der Waals surface area contributed by atoms with E-state index in [4.69, 9.17) is 0 Å². The minimum Gasteiger partial charge on any atom is -1.00 e. The molecule has 0 unspecified atom stereocenters. The van der Waals surface area contributed by atoms with Gasteiger partial charge in [0.25, 0.3) is 0 Å². The molecule has 3 heteroatoms. The van der Waals surface area contributed by atoms with Crippen molar-refractivity contribution >= 4 is 5.78 Å². The molecule has 0 fully saturated rings. The lowest BCUT2D eigenvalue weighted by Crippen LogP contribution is -3.00. The molecule has 0 aromatic heterocycles. The zero-order valence-electron chi connectivity index (χ0n) is 13.5. The first kappa shape index (κ1) is 19.9. The van der Waals surface area contributed by atoms with Crippen LogP contribution in [0.25, 0.3) is 0 Å². The Balaban J connectivity index is 0.00000400. The topological polar surface area (TPSA) is 17.1 Å². The second kappa shape index (κ2) is 10.6. The fourth-order valence-electron chi connectivity index (χ4n) is 2.82. The first-order valence-electron chi connectivity index (χ1n) is 7.82. The van der Waals surface area contributed by atoms with Gasteiger partial charge in [-0.25, -0.2) is 0 Å². The van der Waals surface area contributed by atoms with E-state index in [-0.39, 0.29) is 18.2 Å². The number of carbonyl (C=O) groups is 1. The fourth-order valence-corrected chi connectivity index (χ4v) is 2.82. The number of quaternary nitrogens is 1. The molecule has 0 heterocycles. The molecule has 0 amide bonds. The smallest absolute Gasteiger partial charge is 0.191 e. The number of benzene rings is 1. The van der Waals surface area contributed by atoms with Crippen LogP contribution in [-0.2, 0) is 0 Å². The van der Waals surface area contributed by atoms with Crippen molar-refractivity contribution in [3.8, 4) is 0 Å². The highest BCUT2D eigenvalue weighted by Crippen LogP contribution is 2.14. The molecule has 1 aromatic carbocycles. The average molecular weight is 310 g/mol. The molecule has 0 spiro atoms.